The van der Waals surface area contributed by atoms with E-state index in [0.717, 1.165) is 17.7 Å². The number of alkyl halides is 3. The molecule has 2 aromatic carbocycles. The van der Waals surface area contributed by atoms with Crippen LogP contribution < -0.4 is 16.0 Å². The molecule has 0 aliphatic rings. The highest BCUT2D eigenvalue weighted by atomic mass is 35.5. The number of hydrogen-bond acceptors (Lipinski definition) is 3. The van der Waals surface area contributed by atoms with E-state index in [1.54, 1.807) is 26.1 Å². The topological polar surface area (TPSA) is 70.2 Å². The molecule has 3 N–H and O–H groups in total. The third kappa shape index (κ3) is 7.40. The van der Waals surface area contributed by atoms with Gasteiger partial charge in [0.15, 0.2) is 0 Å². The summed E-state index contributed by atoms with van der Waals surface area (Å²) in [6.45, 7) is 2.50. The van der Waals surface area contributed by atoms with E-state index >= 15 is 0 Å². The predicted molar refractivity (Wildman–Crippen MR) is 110 cm³/mol. The molecule has 0 radical (unpaired) electrons. The number of carbonyl (C=O) groups excluding carboxylic acids is 2. The molecule has 0 saturated carbocycles. The standard InChI is InChI=1S/C20H22F3N3O2.ClH/c1-13-8-9-14(11-17(13)26-18(27)7-4-10-24-2)19(28)25-16-6-3-5-15(12-16)20(21,22)23;/h3,5-6,8-9,11-12,24H,4,7,10H2,1-2H3,(H,25,28)(H,26,27);1H. The molecule has 158 valence electrons. The molecule has 9 heteroatoms. The summed E-state index contributed by atoms with van der Waals surface area (Å²) < 4.78 is 38.4. The van der Waals surface area contributed by atoms with Gasteiger partial charge in [0.2, 0.25) is 5.91 Å². The molecule has 0 fully saturated rings. The van der Waals surface area contributed by atoms with Gasteiger partial charge in [-0.25, -0.2) is 0 Å². The Bertz CT molecular complexity index is 857. The summed E-state index contributed by atoms with van der Waals surface area (Å²) in [7, 11) is 1.80. The highest BCUT2D eigenvalue weighted by Crippen LogP contribution is 2.30. The second-order valence-corrected chi connectivity index (χ2v) is 6.32. The number of anilines is 2. The molecule has 0 aliphatic carbocycles. The molecule has 0 aliphatic heterocycles. The van der Waals surface area contributed by atoms with Gasteiger partial charge in [0.1, 0.15) is 0 Å². The molecule has 0 heterocycles. The Morgan fingerprint density at radius 1 is 1.03 bits per heavy atom. The largest absolute Gasteiger partial charge is 0.416 e. The Hall–Kier alpha value is -2.58. The lowest BCUT2D eigenvalue weighted by Gasteiger charge is -2.12. The SMILES string of the molecule is CNCCCC(=O)Nc1cc(C(=O)Nc2cccc(C(F)(F)F)c2)ccc1C.Cl. The Kier molecular flexibility index (Phi) is 9.13. The van der Waals surface area contributed by atoms with Crippen molar-refractivity contribution in [2.45, 2.75) is 25.9 Å². The summed E-state index contributed by atoms with van der Waals surface area (Å²) in [6, 6.07) is 9.14. The number of amides is 2. The fourth-order valence-electron chi connectivity index (χ4n) is 2.51. The third-order valence-corrected chi connectivity index (χ3v) is 4.05. The van der Waals surface area contributed by atoms with Crippen molar-refractivity contribution < 1.29 is 22.8 Å². The molecule has 0 bridgehead atoms. The molecule has 2 rings (SSSR count). The zero-order chi connectivity index (χ0) is 20.7. The predicted octanol–water partition coefficient (Wildman–Crippen LogP) is 4.63. The van der Waals surface area contributed by atoms with Crippen LogP contribution in [0.5, 0.6) is 0 Å². The number of rotatable bonds is 7. The molecule has 0 unspecified atom stereocenters. The van der Waals surface area contributed by atoms with Crippen molar-refractivity contribution in [3.63, 3.8) is 0 Å². The van der Waals surface area contributed by atoms with Crippen molar-refractivity contribution >= 4 is 35.6 Å². The molecular formula is C20H23ClF3N3O2. The lowest BCUT2D eigenvalue weighted by molar-refractivity contribution is -0.137. The van der Waals surface area contributed by atoms with Crippen LogP contribution in [-0.4, -0.2) is 25.4 Å². The van der Waals surface area contributed by atoms with Gasteiger partial charge in [-0.1, -0.05) is 12.1 Å². The summed E-state index contributed by atoms with van der Waals surface area (Å²) in [6.07, 6.45) is -3.48. The van der Waals surface area contributed by atoms with Gasteiger partial charge in [0.25, 0.3) is 5.91 Å². The smallest absolute Gasteiger partial charge is 0.326 e. The molecule has 0 saturated heterocycles. The van der Waals surface area contributed by atoms with E-state index < -0.39 is 17.6 Å². The molecule has 0 spiro atoms. The summed E-state index contributed by atoms with van der Waals surface area (Å²) in [5.41, 5.74) is 0.694. The normalized spacial score (nSPS) is 10.8. The van der Waals surface area contributed by atoms with E-state index in [-0.39, 0.29) is 29.6 Å². The van der Waals surface area contributed by atoms with E-state index in [4.69, 9.17) is 0 Å². The Labute approximate surface area is 173 Å². The van der Waals surface area contributed by atoms with E-state index in [9.17, 15) is 22.8 Å². The van der Waals surface area contributed by atoms with E-state index in [1.165, 1.54) is 18.2 Å². The van der Waals surface area contributed by atoms with Gasteiger partial charge in [-0.3, -0.25) is 9.59 Å². The molecule has 29 heavy (non-hydrogen) atoms. The first-order valence-corrected chi connectivity index (χ1v) is 8.74. The molecule has 5 nitrogen and oxygen atoms in total. The van der Waals surface area contributed by atoms with Crippen LogP contribution in [0.1, 0.15) is 34.3 Å². The van der Waals surface area contributed by atoms with Gasteiger partial charge in [0.05, 0.1) is 5.56 Å². The van der Waals surface area contributed by atoms with Crippen LogP contribution in [0, 0.1) is 6.92 Å². The van der Waals surface area contributed by atoms with Crippen molar-refractivity contribution in [3.8, 4) is 0 Å². The van der Waals surface area contributed by atoms with Crippen molar-refractivity contribution in [1.29, 1.82) is 0 Å². The van der Waals surface area contributed by atoms with Gasteiger partial charge < -0.3 is 16.0 Å². The van der Waals surface area contributed by atoms with Crippen LogP contribution >= 0.6 is 12.4 Å². The van der Waals surface area contributed by atoms with Gasteiger partial charge in [-0.2, -0.15) is 13.2 Å². The number of hydrogen-bond donors (Lipinski definition) is 3. The summed E-state index contributed by atoms with van der Waals surface area (Å²) in [5.74, 6) is -0.737. The maximum atomic E-state index is 12.8. The average Bonchev–Trinajstić information content (AvgIpc) is 2.63. The second kappa shape index (κ2) is 10.8. The molecule has 0 atom stereocenters. The number of benzene rings is 2. The first-order chi connectivity index (χ1) is 13.2. The maximum Gasteiger partial charge on any atom is 0.416 e. The minimum absolute atomic E-state index is 0. The first-order valence-electron chi connectivity index (χ1n) is 8.74. The van der Waals surface area contributed by atoms with Crippen LogP contribution in [0.3, 0.4) is 0 Å². The van der Waals surface area contributed by atoms with Gasteiger partial charge in [-0.15, -0.1) is 12.4 Å². The van der Waals surface area contributed by atoms with Crippen LogP contribution in [0.15, 0.2) is 42.5 Å². The number of carbonyl (C=O) groups is 2. The Morgan fingerprint density at radius 2 is 1.76 bits per heavy atom. The second-order valence-electron chi connectivity index (χ2n) is 6.32. The molecular weight excluding hydrogens is 407 g/mol. The average molecular weight is 430 g/mol. The molecule has 2 aromatic rings. The molecule has 0 aromatic heterocycles. The van der Waals surface area contributed by atoms with Gasteiger partial charge in [0, 0.05) is 23.4 Å². The zero-order valence-corrected chi connectivity index (χ0v) is 16.8. The molecule has 2 amide bonds. The quantitative estimate of drug-likeness (QED) is 0.562. The first kappa shape index (κ1) is 24.5. The Morgan fingerprint density at radius 3 is 2.41 bits per heavy atom. The number of halogens is 4. The van der Waals surface area contributed by atoms with E-state index in [1.807, 2.05) is 0 Å². The zero-order valence-electron chi connectivity index (χ0n) is 16.0. The minimum Gasteiger partial charge on any atom is -0.326 e. The summed E-state index contributed by atoms with van der Waals surface area (Å²) in [4.78, 5) is 24.4. The fraction of sp³-hybridized carbons (Fsp3) is 0.300. The lowest BCUT2D eigenvalue weighted by atomic mass is 10.1. The fourth-order valence-corrected chi connectivity index (χ4v) is 2.51. The van der Waals surface area contributed by atoms with Crippen molar-refractivity contribution in [1.82, 2.24) is 5.32 Å². The Balaban J connectivity index is 0.00000420. The number of aryl methyl sites for hydroxylation is 1. The van der Waals surface area contributed by atoms with E-state index in [2.05, 4.69) is 16.0 Å². The lowest BCUT2D eigenvalue weighted by Crippen LogP contribution is -2.17. The highest BCUT2D eigenvalue weighted by Gasteiger charge is 2.30. The van der Waals surface area contributed by atoms with Crippen LogP contribution in [0.25, 0.3) is 0 Å². The van der Waals surface area contributed by atoms with Crippen LogP contribution in [0.4, 0.5) is 24.5 Å². The van der Waals surface area contributed by atoms with Crippen molar-refractivity contribution in [2.24, 2.45) is 0 Å². The summed E-state index contributed by atoms with van der Waals surface area (Å²) >= 11 is 0. The van der Waals surface area contributed by atoms with Gasteiger partial charge in [-0.05, 0) is 62.8 Å². The van der Waals surface area contributed by atoms with E-state index in [0.29, 0.717) is 25.1 Å². The maximum absolute atomic E-state index is 12.8. The monoisotopic (exact) mass is 429 g/mol. The highest BCUT2D eigenvalue weighted by molar-refractivity contribution is 6.05. The third-order valence-electron chi connectivity index (χ3n) is 4.05. The van der Waals surface area contributed by atoms with Crippen LogP contribution in [-0.2, 0) is 11.0 Å². The van der Waals surface area contributed by atoms with Crippen molar-refractivity contribution in [2.75, 3.05) is 24.2 Å². The van der Waals surface area contributed by atoms with Crippen molar-refractivity contribution in [3.05, 3.63) is 59.2 Å². The van der Waals surface area contributed by atoms with Crippen LogP contribution in [0.2, 0.25) is 0 Å². The number of nitrogens with one attached hydrogen (secondary N) is 3. The van der Waals surface area contributed by atoms with Gasteiger partial charge >= 0.3 is 6.18 Å². The minimum atomic E-state index is -4.49. The summed E-state index contributed by atoms with van der Waals surface area (Å²) in [5, 5.41) is 8.17.